The van der Waals surface area contributed by atoms with Gasteiger partial charge in [0.25, 0.3) is 5.91 Å². The summed E-state index contributed by atoms with van der Waals surface area (Å²) in [6.07, 6.45) is 0. The highest BCUT2D eigenvalue weighted by Gasteiger charge is 2.22. The van der Waals surface area contributed by atoms with E-state index in [0.29, 0.717) is 21.6 Å². The Labute approximate surface area is 200 Å². The summed E-state index contributed by atoms with van der Waals surface area (Å²) in [6, 6.07) is 18.8. The molecule has 3 amide bonds. The van der Waals surface area contributed by atoms with E-state index in [4.69, 9.17) is 11.6 Å². The Kier molecular flexibility index (Phi) is 6.43. The third-order valence-electron chi connectivity index (χ3n) is 4.66. The quantitative estimate of drug-likeness (QED) is 0.319. The van der Waals surface area contributed by atoms with Gasteiger partial charge in [0.05, 0.1) is 21.9 Å². The average molecular weight is 530 g/mol. The lowest BCUT2D eigenvalue weighted by atomic mass is 10.2. The number of para-hydroxylation sites is 2. The Bertz CT molecular complexity index is 1410. The molecule has 0 unspecified atom stereocenters. The van der Waals surface area contributed by atoms with Crippen molar-refractivity contribution in [2.75, 3.05) is 16.1 Å². The molecule has 1 aromatic heterocycles. The Balaban J connectivity index is 1.65. The summed E-state index contributed by atoms with van der Waals surface area (Å²) < 4.78 is 15.8. The van der Waals surface area contributed by atoms with Crippen LogP contribution in [-0.4, -0.2) is 22.4 Å². The molecule has 0 aliphatic carbocycles. The number of carbonyl (C=O) groups is 3. The molecule has 3 aromatic carbocycles. The van der Waals surface area contributed by atoms with Crippen molar-refractivity contribution in [3.8, 4) is 0 Å². The third-order valence-corrected chi connectivity index (χ3v) is 5.48. The molecule has 33 heavy (non-hydrogen) atoms. The highest BCUT2D eigenvalue weighted by atomic mass is 79.9. The molecule has 0 fully saturated rings. The van der Waals surface area contributed by atoms with E-state index in [-0.39, 0.29) is 11.4 Å². The van der Waals surface area contributed by atoms with E-state index in [1.807, 2.05) is 0 Å². The number of anilines is 2. The molecule has 0 atom stereocenters. The topological polar surface area (TPSA) is 92.2 Å². The maximum atomic E-state index is 13.8. The van der Waals surface area contributed by atoms with Gasteiger partial charge in [0.2, 0.25) is 0 Å². The zero-order chi connectivity index (χ0) is 23.5. The Morgan fingerprint density at radius 1 is 0.848 bits per heavy atom. The highest BCUT2D eigenvalue weighted by Crippen LogP contribution is 2.25. The van der Waals surface area contributed by atoms with Gasteiger partial charge < -0.3 is 10.6 Å². The van der Waals surface area contributed by atoms with Crippen LogP contribution in [-0.2, 0) is 9.59 Å². The van der Waals surface area contributed by atoms with E-state index in [1.165, 1.54) is 22.9 Å². The number of nitrogens with one attached hydrogen (secondary N) is 3. The molecule has 0 radical (unpaired) electrons. The van der Waals surface area contributed by atoms with Crippen LogP contribution in [0.3, 0.4) is 0 Å². The predicted octanol–water partition coefficient (Wildman–Crippen LogP) is 5.16. The van der Waals surface area contributed by atoms with Crippen molar-refractivity contribution in [1.29, 1.82) is 0 Å². The van der Waals surface area contributed by atoms with E-state index in [0.717, 1.165) is 10.5 Å². The molecule has 4 aromatic rings. The molecule has 0 saturated heterocycles. The third kappa shape index (κ3) is 4.89. The second-order valence-corrected chi connectivity index (χ2v) is 8.20. The number of aromatic nitrogens is 1. The molecule has 166 valence electrons. The molecule has 0 aliphatic heterocycles. The second-order valence-electron chi connectivity index (χ2n) is 6.88. The fraction of sp³-hybridized carbons (Fsp3) is 0. The first-order chi connectivity index (χ1) is 15.8. The van der Waals surface area contributed by atoms with Gasteiger partial charge in [0, 0.05) is 9.86 Å². The van der Waals surface area contributed by atoms with Gasteiger partial charge in [-0.15, -0.1) is 0 Å². The number of hydrogen-bond acceptors (Lipinski definition) is 3. The second kappa shape index (κ2) is 9.43. The molecular formula is C23H15BrClFN4O3. The van der Waals surface area contributed by atoms with Crippen molar-refractivity contribution >= 4 is 67.5 Å². The lowest BCUT2D eigenvalue weighted by Gasteiger charge is -2.13. The van der Waals surface area contributed by atoms with Gasteiger partial charge in [0.1, 0.15) is 11.5 Å². The molecule has 3 N–H and O–H groups in total. The lowest BCUT2D eigenvalue weighted by Crippen LogP contribution is -2.36. The molecule has 7 nitrogen and oxygen atoms in total. The van der Waals surface area contributed by atoms with Gasteiger partial charge in [-0.25, -0.2) is 9.07 Å². The molecule has 0 spiro atoms. The SMILES string of the molecule is O=C(Nc1ccccc1F)C(=O)Nn1c(C(=O)Nc2ccccc2Cl)cc2cc(Br)ccc21. The van der Waals surface area contributed by atoms with Gasteiger partial charge >= 0.3 is 11.8 Å². The summed E-state index contributed by atoms with van der Waals surface area (Å²) in [5.74, 6) is -3.44. The van der Waals surface area contributed by atoms with Gasteiger partial charge in [0.15, 0.2) is 0 Å². The first-order valence-electron chi connectivity index (χ1n) is 9.57. The molecular weight excluding hydrogens is 515 g/mol. The first kappa shape index (κ1) is 22.5. The molecule has 4 rings (SSSR count). The van der Waals surface area contributed by atoms with Crippen LogP contribution in [0.15, 0.2) is 77.3 Å². The van der Waals surface area contributed by atoms with Gasteiger partial charge in [-0.1, -0.05) is 51.8 Å². The number of halogens is 3. The van der Waals surface area contributed by atoms with E-state index in [1.54, 1.807) is 48.5 Å². The van der Waals surface area contributed by atoms with Crippen LogP contribution in [0, 0.1) is 5.82 Å². The summed E-state index contributed by atoms with van der Waals surface area (Å²) in [4.78, 5) is 38.0. The fourth-order valence-corrected chi connectivity index (χ4v) is 3.68. The number of rotatable bonds is 4. The maximum Gasteiger partial charge on any atom is 0.328 e. The number of benzene rings is 3. The number of carbonyl (C=O) groups excluding carboxylic acids is 3. The lowest BCUT2D eigenvalue weighted by molar-refractivity contribution is -0.133. The Morgan fingerprint density at radius 3 is 2.27 bits per heavy atom. The van der Waals surface area contributed by atoms with Crippen LogP contribution < -0.4 is 16.1 Å². The molecule has 0 saturated carbocycles. The summed E-state index contributed by atoms with van der Waals surface area (Å²) in [7, 11) is 0. The van der Waals surface area contributed by atoms with Crippen molar-refractivity contribution in [2.45, 2.75) is 0 Å². The Morgan fingerprint density at radius 2 is 1.55 bits per heavy atom. The van der Waals surface area contributed by atoms with E-state index < -0.39 is 23.5 Å². The molecule has 10 heteroatoms. The van der Waals surface area contributed by atoms with Crippen LogP contribution in [0.5, 0.6) is 0 Å². The van der Waals surface area contributed by atoms with E-state index in [2.05, 4.69) is 32.0 Å². The van der Waals surface area contributed by atoms with Crippen molar-refractivity contribution in [1.82, 2.24) is 4.68 Å². The summed E-state index contributed by atoms with van der Waals surface area (Å²) >= 11 is 9.50. The van der Waals surface area contributed by atoms with Crippen molar-refractivity contribution in [2.24, 2.45) is 0 Å². The van der Waals surface area contributed by atoms with Crippen molar-refractivity contribution in [3.63, 3.8) is 0 Å². The highest BCUT2D eigenvalue weighted by molar-refractivity contribution is 9.10. The molecule has 1 heterocycles. The fourth-order valence-electron chi connectivity index (χ4n) is 3.12. The van der Waals surface area contributed by atoms with E-state index in [9.17, 15) is 18.8 Å². The smallest absolute Gasteiger partial charge is 0.319 e. The van der Waals surface area contributed by atoms with Crippen LogP contribution in [0.25, 0.3) is 10.9 Å². The van der Waals surface area contributed by atoms with Crippen LogP contribution >= 0.6 is 27.5 Å². The largest absolute Gasteiger partial charge is 0.328 e. The monoisotopic (exact) mass is 528 g/mol. The number of fused-ring (bicyclic) bond motifs is 1. The summed E-state index contributed by atoms with van der Waals surface area (Å²) in [6.45, 7) is 0. The first-order valence-corrected chi connectivity index (χ1v) is 10.7. The van der Waals surface area contributed by atoms with Crippen LogP contribution in [0.1, 0.15) is 10.5 Å². The van der Waals surface area contributed by atoms with E-state index >= 15 is 0 Å². The van der Waals surface area contributed by atoms with Crippen LogP contribution in [0.2, 0.25) is 5.02 Å². The summed E-state index contributed by atoms with van der Waals surface area (Å²) in [5.41, 5.74) is 3.16. The maximum absolute atomic E-state index is 13.8. The number of amides is 3. The standard InChI is InChI=1S/C23H15BrClFN4O3/c24-14-9-10-19-13(11-14)12-20(21(31)27-17-7-3-1-5-15(17)25)30(19)29-23(33)22(32)28-18-8-4-2-6-16(18)26/h1-12H,(H,27,31)(H,28,32)(H,29,33). The van der Waals surface area contributed by atoms with Gasteiger partial charge in [-0.3, -0.25) is 19.8 Å². The molecule has 0 bridgehead atoms. The number of hydrogen-bond donors (Lipinski definition) is 3. The number of nitrogens with zero attached hydrogens (tertiary/aromatic N) is 1. The normalized spacial score (nSPS) is 10.6. The zero-order valence-electron chi connectivity index (χ0n) is 16.7. The zero-order valence-corrected chi connectivity index (χ0v) is 19.1. The molecule has 0 aliphatic rings. The minimum Gasteiger partial charge on any atom is -0.319 e. The minimum atomic E-state index is -1.10. The van der Waals surface area contributed by atoms with Crippen LogP contribution in [0.4, 0.5) is 15.8 Å². The van der Waals surface area contributed by atoms with Gasteiger partial charge in [-0.05, 0) is 48.5 Å². The van der Waals surface area contributed by atoms with Gasteiger partial charge in [-0.2, -0.15) is 0 Å². The predicted molar refractivity (Wildman–Crippen MR) is 128 cm³/mol. The summed E-state index contributed by atoms with van der Waals surface area (Å²) in [5, 5.41) is 5.86. The van der Waals surface area contributed by atoms with Crippen molar-refractivity contribution < 1.29 is 18.8 Å². The Hall–Kier alpha value is -3.69. The average Bonchev–Trinajstić information content (AvgIpc) is 3.14. The van der Waals surface area contributed by atoms with Crippen molar-refractivity contribution in [3.05, 3.63) is 93.8 Å². The minimum absolute atomic E-state index is 0.0510.